The first kappa shape index (κ1) is 22.4. The average molecular weight is 467 g/mol. The van der Waals surface area contributed by atoms with Crippen molar-refractivity contribution >= 4 is 22.3 Å². The zero-order valence-corrected chi connectivity index (χ0v) is 17.9. The lowest BCUT2D eigenvalue weighted by Crippen LogP contribution is -2.60. The normalized spacial score (nSPS) is 26.3. The predicted octanol–water partition coefficient (Wildman–Crippen LogP) is 0.203. The summed E-state index contributed by atoms with van der Waals surface area (Å²) >= 11 is 0. The summed E-state index contributed by atoms with van der Waals surface area (Å²) in [4.78, 5) is 31.2. The smallest absolute Gasteiger partial charge is 0.229 e. The number of nitrogens with zero attached hydrogens (tertiary/aromatic N) is 1. The number of aliphatic hydroxyl groups excluding tert-OH is 4. The molecule has 2 heterocycles. The summed E-state index contributed by atoms with van der Waals surface area (Å²) in [6.45, 7) is 1.02. The summed E-state index contributed by atoms with van der Waals surface area (Å²) in [7, 11) is 0. The zero-order valence-electron chi connectivity index (χ0n) is 17.9. The Hall–Kier alpha value is -3.41. The lowest BCUT2D eigenvalue weighted by atomic mass is 9.80. The van der Waals surface area contributed by atoms with Crippen LogP contribution < -0.4 is 4.74 Å². The van der Waals surface area contributed by atoms with Crippen LogP contribution in [-0.4, -0.2) is 79.4 Å². The van der Waals surface area contributed by atoms with Gasteiger partial charge in [-0.1, -0.05) is 0 Å². The van der Waals surface area contributed by atoms with Gasteiger partial charge in [0.25, 0.3) is 0 Å². The third kappa shape index (κ3) is 3.27. The highest BCUT2D eigenvalue weighted by atomic mass is 16.7. The van der Waals surface area contributed by atoms with E-state index in [1.54, 1.807) is 13.0 Å². The number of phenolic OH excluding ortho intramolecular Hbond substituents is 1. The summed E-state index contributed by atoms with van der Waals surface area (Å²) in [5, 5.41) is 51.4. The number of pyridine rings is 1. The predicted molar refractivity (Wildman–Crippen MR) is 116 cm³/mol. The van der Waals surface area contributed by atoms with Crippen molar-refractivity contribution in [1.82, 2.24) is 4.98 Å². The molecule has 0 spiro atoms. The molecule has 0 radical (unpaired) electrons. The topological polar surface area (TPSA) is 167 Å². The molecule has 1 fully saturated rings. The Labute approximate surface area is 192 Å². The Kier molecular flexibility index (Phi) is 5.34. The van der Waals surface area contributed by atoms with Gasteiger partial charge in [-0.15, -0.1) is 0 Å². The van der Waals surface area contributed by atoms with Crippen LogP contribution in [-0.2, 0) is 4.74 Å². The van der Waals surface area contributed by atoms with E-state index in [2.05, 4.69) is 4.98 Å². The number of aromatic hydroxyl groups is 1. The fraction of sp³-hybridized carbons (Fsp3) is 0.292. The molecule has 0 amide bonds. The van der Waals surface area contributed by atoms with Crippen molar-refractivity contribution in [3.8, 4) is 11.5 Å². The maximum Gasteiger partial charge on any atom is 0.229 e. The second-order valence-corrected chi connectivity index (χ2v) is 8.40. The summed E-state index contributed by atoms with van der Waals surface area (Å²) < 4.78 is 11.2. The minimum absolute atomic E-state index is 0.0435. The van der Waals surface area contributed by atoms with E-state index in [0.717, 1.165) is 0 Å². The summed E-state index contributed by atoms with van der Waals surface area (Å²) in [6.07, 6.45) is -4.88. The number of hydrogen-bond acceptors (Lipinski definition) is 10. The molecule has 1 aliphatic carbocycles. The second-order valence-electron chi connectivity index (χ2n) is 8.40. The number of ether oxygens (including phenoxy) is 2. The van der Waals surface area contributed by atoms with Crippen LogP contribution in [0.5, 0.6) is 11.5 Å². The lowest BCUT2D eigenvalue weighted by molar-refractivity contribution is -0.277. The summed E-state index contributed by atoms with van der Waals surface area (Å²) in [5.41, 5.74) is 0.378. The molecule has 5 unspecified atom stereocenters. The standard InChI is InChI=1S/C24H21NO9/c1-9-4-12-16(13(27)5-9)21(30)18-14(6-10-7-25-3-2-11(10)17(18)19(12)28)33-24-23(32)22(31)20(29)15(8-26)34-24/h2-7,15,20,22-24,26-27,29,31-32H,8H2,1H3. The molecular weight excluding hydrogens is 446 g/mol. The van der Waals surface area contributed by atoms with Crippen molar-refractivity contribution in [3.63, 3.8) is 0 Å². The van der Waals surface area contributed by atoms with Gasteiger partial charge in [-0.05, 0) is 42.1 Å². The molecule has 3 aromatic rings. The molecule has 34 heavy (non-hydrogen) atoms. The third-order valence-electron chi connectivity index (χ3n) is 6.18. The Bertz CT molecular complexity index is 1340. The second kappa shape index (κ2) is 8.12. The van der Waals surface area contributed by atoms with Gasteiger partial charge in [0, 0.05) is 28.9 Å². The van der Waals surface area contributed by atoms with Crippen LogP contribution in [0.2, 0.25) is 0 Å². The van der Waals surface area contributed by atoms with Crippen molar-refractivity contribution in [1.29, 1.82) is 0 Å². The Morgan fingerprint density at radius 2 is 1.76 bits per heavy atom. The molecular formula is C24H21NO9. The number of carbonyl (C=O) groups excluding carboxylic acids is 2. The molecule has 5 N–H and O–H groups in total. The monoisotopic (exact) mass is 467 g/mol. The Morgan fingerprint density at radius 3 is 2.50 bits per heavy atom. The van der Waals surface area contributed by atoms with E-state index < -0.39 is 48.9 Å². The lowest BCUT2D eigenvalue weighted by Gasteiger charge is -2.40. The van der Waals surface area contributed by atoms with Crippen molar-refractivity contribution < 1.29 is 44.6 Å². The number of benzene rings is 2. The number of aryl methyl sites for hydroxylation is 1. The molecule has 5 rings (SSSR count). The fourth-order valence-electron chi connectivity index (χ4n) is 4.51. The van der Waals surface area contributed by atoms with Gasteiger partial charge in [0.2, 0.25) is 12.1 Å². The Balaban J connectivity index is 1.70. The molecule has 10 heteroatoms. The van der Waals surface area contributed by atoms with E-state index in [1.165, 1.54) is 30.6 Å². The molecule has 2 aliphatic rings. The van der Waals surface area contributed by atoms with Crippen LogP contribution >= 0.6 is 0 Å². The van der Waals surface area contributed by atoms with Gasteiger partial charge in [0.05, 0.1) is 17.7 Å². The van der Waals surface area contributed by atoms with Crippen molar-refractivity contribution in [3.05, 3.63) is 64.5 Å². The van der Waals surface area contributed by atoms with E-state index in [-0.39, 0.29) is 33.8 Å². The van der Waals surface area contributed by atoms with E-state index >= 15 is 0 Å². The highest BCUT2D eigenvalue weighted by Gasteiger charge is 2.46. The number of phenols is 1. The highest BCUT2D eigenvalue weighted by Crippen LogP contribution is 2.42. The summed E-state index contributed by atoms with van der Waals surface area (Å²) in [5.74, 6) is -1.67. The van der Waals surface area contributed by atoms with Crippen LogP contribution in [0.15, 0.2) is 36.7 Å². The zero-order chi connectivity index (χ0) is 24.3. The van der Waals surface area contributed by atoms with Gasteiger partial charge in [-0.3, -0.25) is 14.6 Å². The number of carbonyl (C=O) groups is 2. The van der Waals surface area contributed by atoms with Gasteiger partial charge >= 0.3 is 0 Å². The maximum atomic E-state index is 13.6. The molecule has 1 saturated heterocycles. The van der Waals surface area contributed by atoms with Crippen molar-refractivity contribution in [2.45, 2.75) is 37.6 Å². The first-order chi connectivity index (χ1) is 16.2. The molecule has 0 saturated carbocycles. The molecule has 176 valence electrons. The van der Waals surface area contributed by atoms with Crippen LogP contribution in [0.4, 0.5) is 0 Å². The van der Waals surface area contributed by atoms with E-state index in [0.29, 0.717) is 16.3 Å². The van der Waals surface area contributed by atoms with Gasteiger partial charge in [0.1, 0.15) is 35.9 Å². The SMILES string of the molecule is Cc1cc(O)c2c(c1)C(=O)c1c(c(OC3OC(CO)C(O)C(O)C3O)cc3cnccc13)C2=O. The van der Waals surface area contributed by atoms with Crippen LogP contribution in [0.1, 0.15) is 37.4 Å². The summed E-state index contributed by atoms with van der Waals surface area (Å²) in [6, 6.07) is 5.91. The van der Waals surface area contributed by atoms with Gasteiger partial charge in [-0.2, -0.15) is 0 Å². The van der Waals surface area contributed by atoms with Crippen LogP contribution in [0.25, 0.3) is 10.8 Å². The van der Waals surface area contributed by atoms with E-state index in [9.17, 15) is 35.1 Å². The number of ketones is 2. The first-order valence-electron chi connectivity index (χ1n) is 10.5. The van der Waals surface area contributed by atoms with Crippen LogP contribution in [0, 0.1) is 6.92 Å². The van der Waals surface area contributed by atoms with Crippen molar-refractivity contribution in [2.75, 3.05) is 6.61 Å². The largest absolute Gasteiger partial charge is 0.507 e. The van der Waals surface area contributed by atoms with Gasteiger partial charge < -0.3 is 35.0 Å². The average Bonchev–Trinajstić information content (AvgIpc) is 2.81. The highest BCUT2D eigenvalue weighted by molar-refractivity contribution is 6.33. The fourth-order valence-corrected chi connectivity index (χ4v) is 4.51. The molecule has 1 aromatic heterocycles. The minimum Gasteiger partial charge on any atom is -0.507 e. The molecule has 5 atom stereocenters. The minimum atomic E-state index is -1.73. The van der Waals surface area contributed by atoms with Gasteiger partial charge in [0.15, 0.2) is 5.78 Å². The van der Waals surface area contributed by atoms with Crippen LogP contribution in [0.3, 0.4) is 0 Å². The molecule has 1 aliphatic heterocycles. The Morgan fingerprint density at radius 1 is 1.00 bits per heavy atom. The molecule has 0 bridgehead atoms. The first-order valence-corrected chi connectivity index (χ1v) is 10.5. The molecule has 10 nitrogen and oxygen atoms in total. The number of fused-ring (bicyclic) bond motifs is 4. The number of aromatic nitrogens is 1. The van der Waals surface area contributed by atoms with E-state index in [4.69, 9.17) is 9.47 Å². The van der Waals surface area contributed by atoms with Gasteiger partial charge in [-0.25, -0.2) is 0 Å². The third-order valence-corrected chi connectivity index (χ3v) is 6.18. The van der Waals surface area contributed by atoms with Crippen molar-refractivity contribution in [2.24, 2.45) is 0 Å². The number of rotatable bonds is 3. The maximum absolute atomic E-state index is 13.6. The number of aliphatic hydroxyl groups is 4. The quantitative estimate of drug-likeness (QED) is 0.281. The van der Waals surface area contributed by atoms with E-state index in [1.807, 2.05) is 0 Å². The number of hydrogen-bond donors (Lipinski definition) is 5. The molecule has 2 aromatic carbocycles.